The normalized spacial score (nSPS) is 10.4. The third-order valence-electron chi connectivity index (χ3n) is 3.80. The number of benzene rings is 2. The van der Waals surface area contributed by atoms with E-state index in [4.69, 9.17) is 25.8 Å². The van der Waals surface area contributed by atoms with Crippen molar-refractivity contribution in [2.75, 3.05) is 26.6 Å². The van der Waals surface area contributed by atoms with Crippen LogP contribution < -0.4 is 19.5 Å². The van der Waals surface area contributed by atoms with E-state index in [2.05, 4.69) is 20.7 Å². The number of amides is 1. The second-order valence-electron chi connectivity index (χ2n) is 5.59. The van der Waals surface area contributed by atoms with Gasteiger partial charge in [0.2, 0.25) is 17.5 Å². The summed E-state index contributed by atoms with van der Waals surface area (Å²) in [5, 5.41) is 15.3. The largest absolute Gasteiger partial charge is 0.493 e. The highest BCUT2D eigenvalue weighted by atomic mass is 35.5. The average molecular weight is 404 g/mol. The van der Waals surface area contributed by atoms with Gasteiger partial charge in [0.1, 0.15) is 6.54 Å². The van der Waals surface area contributed by atoms with Crippen molar-refractivity contribution < 1.29 is 19.0 Å². The van der Waals surface area contributed by atoms with Crippen molar-refractivity contribution in [2.24, 2.45) is 0 Å². The quantitative estimate of drug-likeness (QED) is 0.647. The first-order valence-corrected chi connectivity index (χ1v) is 8.56. The number of carbonyl (C=O) groups excluding carboxylic acids is 1. The maximum absolute atomic E-state index is 12.4. The molecule has 9 nitrogen and oxygen atoms in total. The fourth-order valence-corrected chi connectivity index (χ4v) is 2.76. The highest BCUT2D eigenvalue weighted by molar-refractivity contribution is 6.33. The number of ether oxygens (including phenoxy) is 3. The number of hydrogen-bond donors (Lipinski definition) is 1. The van der Waals surface area contributed by atoms with Crippen LogP contribution >= 0.6 is 11.6 Å². The molecule has 1 N–H and O–H groups in total. The van der Waals surface area contributed by atoms with E-state index in [9.17, 15) is 4.79 Å². The smallest absolute Gasteiger partial charge is 0.248 e. The number of tetrazole rings is 1. The van der Waals surface area contributed by atoms with Crippen molar-refractivity contribution in [3.05, 3.63) is 41.4 Å². The minimum Gasteiger partial charge on any atom is -0.493 e. The van der Waals surface area contributed by atoms with Gasteiger partial charge in [-0.05, 0) is 17.3 Å². The molecule has 1 aromatic heterocycles. The molecule has 1 amide bonds. The van der Waals surface area contributed by atoms with Gasteiger partial charge in [0.05, 0.1) is 26.4 Å². The van der Waals surface area contributed by atoms with Crippen LogP contribution in [-0.4, -0.2) is 47.4 Å². The average Bonchev–Trinajstić information content (AvgIpc) is 3.15. The maximum atomic E-state index is 12.4. The number of hydrogen-bond acceptors (Lipinski definition) is 7. The first-order chi connectivity index (χ1) is 13.5. The Morgan fingerprint density at radius 1 is 1.11 bits per heavy atom. The topological polar surface area (TPSA) is 100 Å². The van der Waals surface area contributed by atoms with Crippen LogP contribution in [0, 0.1) is 0 Å². The lowest BCUT2D eigenvalue weighted by Crippen LogP contribution is -2.20. The minimum absolute atomic E-state index is 0.131. The lowest BCUT2D eigenvalue weighted by molar-refractivity contribution is -0.117. The molecule has 0 saturated carbocycles. The summed E-state index contributed by atoms with van der Waals surface area (Å²) in [6, 6.07) is 10.4. The molecule has 0 aliphatic rings. The second kappa shape index (κ2) is 8.57. The Hall–Kier alpha value is -3.33. The summed E-state index contributed by atoms with van der Waals surface area (Å²) >= 11 is 6.13. The van der Waals surface area contributed by atoms with E-state index in [1.807, 2.05) is 6.07 Å². The second-order valence-corrected chi connectivity index (χ2v) is 5.99. The molecule has 0 unspecified atom stereocenters. The number of methoxy groups -OCH3 is 3. The van der Waals surface area contributed by atoms with E-state index in [0.717, 1.165) is 0 Å². The molecule has 0 atom stereocenters. The molecule has 28 heavy (non-hydrogen) atoms. The summed E-state index contributed by atoms with van der Waals surface area (Å²) in [5.41, 5.74) is 1.12. The summed E-state index contributed by atoms with van der Waals surface area (Å²) in [4.78, 5) is 13.6. The zero-order valence-corrected chi connectivity index (χ0v) is 16.2. The molecule has 1 heterocycles. The molecular weight excluding hydrogens is 386 g/mol. The third-order valence-corrected chi connectivity index (χ3v) is 4.13. The van der Waals surface area contributed by atoms with Crippen molar-refractivity contribution in [1.82, 2.24) is 20.2 Å². The lowest BCUT2D eigenvalue weighted by atomic mass is 10.2. The molecule has 0 radical (unpaired) electrons. The first-order valence-electron chi connectivity index (χ1n) is 8.18. The molecule has 0 aliphatic heterocycles. The first kappa shape index (κ1) is 19.4. The van der Waals surface area contributed by atoms with Gasteiger partial charge in [-0.25, -0.2) is 0 Å². The van der Waals surface area contributed by atoms with Crippen LogP contribution in [0.2, 0.25) is 5.02 Å². The number of rotatable bonds is 7. The third kappa shape index (κ3) is 4.15. The van der Waals surface area contributed by atoms with Gasteiger partial charge in [0.15, 0.2) is 11.5 Å². The van der Waals surface area contributed by atoms with Gasteiger partial charge in [-0.1, -0.05) is 23.7 Å². The van der Waals surface area contributed by atoms with Gasteiger partial charge >= 0.3 is 0 Å². The van der Waals surface area contributed by atoms with Crippen LogP contribution in [0.3, 0.4) is 0 Å². The Bertz CT molecular complexity index is 967. The standard InChI is InChI=1S/C18H18ClN5O4/c1-26-14-8-11(9-15(27-2)17(14)28-3)20-16(25)10-24-22-18(21-23-24)12-6-4-5-7-13(12)19/h4-9H,10H2,1-3H3,(H,20,25). The van der Waals surface area contributed by atoms with Gasteiger partial charge in [0.25, 0.3) is 0 Å². The van der Waals surface area contributed by atoms with Crippen molar-refractivity contribution >= 4 is 23.2 Å². The summed E-state index contributed by atoms with van der Waals surface area (Å²) in [6.07, 6.45) is 0. The number of nitrogens with one attached hydrogen (secondary N) is 1. The highest BCUT2D eigenvalue weighted by Gasteiger charge is 2.16. The number of anilines is 1. The van der Waals surface area contributed by atoms with Crippen LogP contribution in [0.5, 0.6) is 17.2 Å². The fraction of sp³-hybridized carbons (Fsp3) is 0.222. The van der Waals surface area contributed by atoms with Crippen molar-refractivity contribution in [3.8, 4) is 28.6 Å². The molecule has 0 saturated heterocycles. The van der Waals surface area contributed by atoms with E-state index in [1.165, 1.54) is 26.1 Å². The van der Waals surface area contributed by atoms with Gasteiger partial charge in [-0.15, -0.1) is 10.2 Å². The Balaban J connectivity index is 1.74. The van der Waals surface area contributed by atoms with Gasteiger partial charge in [-0.2, -0.15) is 4.80 Å². The molecule has 0 fully saturated rings. The fourth-order valence-electron chi connectivity index (χ4n) is 2.54. The van der Waals surface area contributed by atoms with Crippen molar-refractivity contribution in [2.45, 2.75) is 6.54 Å². The summed E-state index contributed by atoms with van der Waals surface area (Å²) in [5.74, 6) is 1.28. The maximum Gasteiger partial charge on any atom is 0.248 e. The lowest BCUT2D eigenvalue weighted by Gasteiger charge is -2.14. The molecule has 0 spiro atoms. The van der Waals surface area contributed by atoms with Crippen LogP contribution in [-0.2, 0) is 11.3 Å². The van der Waals surface area contributed by atoms with Gasteiger partial charge in [0, 0.05) is 23.4 Å². The summed E-state index contributed by atoms with van der Waals surface area (Å²) in [7, 11) is 4.50. The highest BCUT2D eigenvalue weighted by Crippen LogP contribution is 2.39. The predicted molar refractivity (Wildman–Crippen MR) is 103 cm³/mol. The van der Waals surface area contributed by atoms with Crippen molar-refractivity contribution in [3.63, 3.8) is 0 Å². The Morgan fingerprint density at radius 2 is 1.79 bits per heavy atom. The zero-order valence-electron chi connectivity index (χ0n) is 15.5. The zero-order chi connectivity index (χ0) is 20.1. The molecule has 2 aromatic carbocycles. The Kier molecular flexibility index (Phi) is 5.95. The Labute approximate surface area is 166 Å². The van der Waals surface area contributed by atoms with E-state index >= 15 is 0 Å². The SMILES string of the molecule is COc1cc(NC(=O)Cn2nnc(-c3ccccc3Cl)n2)cc(OC)c1OC. The van der Waals surface area contributed by atoms with Crippen LogP contribution in [0.4, 0.5) is 5.69 Å². The summed E-state index contributed by atoms with van der Waals surface area (Å²) in [6.45, 7) is -0.131. The van der Waals surface area contributed by atoms with Crippen molar-refractivity contribution in [1.29, 1.82) is 0 Å². The molecule has 3 aromatic rings. The number of nitrogens with zero attached hydrogens (tertiary/aromatic N) is 4. The van der Waals surface area contributed by atoms with Gasteiger partial charge in [-0.3, -0.25) is 4.79 Å². The van der Waals surface area contributed by atoms with E-state index in [1.54, 1.807) is 30.3 Å². The van der Waals surface area contributed by atoms with Gasteiger partial charge < -0.3 is 19.5 Å². The molecular formula is C18H18ClN5O4. The molecule has 10 heteroatoms. The van der Waals surface area contributed by atoms with E-state index < -0.39 is 0 Å². The van der Waals surface area contributed by atoms with Crippen LogP contribution in [0.25, 0.3) is 11.4 Å². The van der Waals surface area contributed by atoms with Crippen LogP contribution in [0.15, 0.2) is 36.4 Å². The van der Waals surface area contributed by atoms with Crippen LogP contribution in [0.1, 0.15) is 0 Å². The Morgan fingerprint density at radius 3 is 2.39 bits per heavy atom. The molecule has 3 rings (SSSR count). The molecule has 0 aliphatic carbocycles. The van der Waals surface area contributed by atoms with E-state index in [-0.39, 0.29) is 12.5 Å². The predicted octanol–water partition coefficient (Wildman–Crippen LogP) is 2.66. The molecule has 146 valence electrons. The number of halogens is 1. The number of carbonyl (C=O) groups is 1. The number of aromatic nitrogens is 4. The van der Waals surface area contributed by atoms with E-state index in [0.29, 0.717) is 39.3 Å². The monoisotopic (exact) mass is 403 g/mol. The molecule has 0 bridgehead atoms. The summed E-state index contributed by atoms with van der Waals surface area (Å²) < 4.78 is 15.8. The minimum atomic E-state index is -0.350.